The van der Waals surface area contributed by atoms with E-state index in [4.69, 9.17) is 10.5 Å². The molecular weight excluding hydrogens is 222 g/mol. The van der Waals surface area contributed by atoms with Crippen molar-refractivity contribution in [1.82, 2.24) is 0 Å². The van der Waals surface area contributed by atoms with Crippen LogP contribution in [0.3, 0.4) is 0 Å². The Kier molecular flexibility index (Phi) is 5.50. The molecule has 3 unspecified atom stereocenters. The summed E-state index contributed by atoms with van der Waals surface area (Å²) in [5.41, 5.74) is 6.00. The van der Waals surface area contributed by atoms with E-state index >= 15 is 0 Å². The maximum atomic E-state index is 6.00. The molecule has 0 amide bonds. The zero-order valence-corrected chi connectivity index (χ0v) is 12.2. The molecule has 2 rings (SSSR count). The lowest BCUT2D eigenvalue weighted by atomic mass is 9.67. The van der Waals surface area contributed by atoms with Crippen LogP contribution in [-0.2, 0) is 4.74 Å². The Balaban J connectivity index is 1.88. The van der Waals surface area contributed by atoms with Crippen molar-refractivity contribution < 1.29 is 4.74 Å². The molecule has 1 aliphatic heterocycles. The zero-order chi connectivity index (χ0) is 13.0. The van der Waals surface area contributed by atoms with Crippen LogP contribution in [0.15, 0.2) is 0 Å². The van der Waals surface area contributed by atoms with Crippen LogP contribution in [0.25, 0.3) is 0 Å². The Bertz CT molecular complexity index is 235. The van der Waals surface area contributed by atoms with E-state index < -0.39 is 0 Å². The van der Waals surface area contributed by atoms with Crippen LogP contribution >= 0.6 is 0 Å². The Hall–Kier alpha value is -0.0800. The van der Waals surface area contributed by atoms with E-state index in [9.17, 15) is 0 Å². The Morgan fingerprint density at radius 2 is 1.78 bits per heavy atom. The van der Waals surface area contributed by atoms with Crippen molar-refractivity contribution in [3.63, 3.8) is 0 Å². The number of rotatable bonds is 4. The van der Waals surface area contributed by atoms with Crippen molar-refractivity contribution in [1.29, 1.82) is 0 Å². The third-order valence-corrected chi connectivity index (χ3v) is 5.40. The van der Waals surface area contributed by atoms with E-state index in [2.05, 4.69) is 13.8 Å². The lowest BCUT2D eigenvalue weighted by Gasteiger charge is -2.39. The van der Waals surface area contributed by atoms with Crippen LogP contribution in [-0.4, -0.2) is 19.8 Å². The molecule has 2 heteroatoms. The molecule has 1 aliphatic carbocycles. The van der Waals surface area contributed by atoms with Gasteiger partial charge in [-0.2, -0.15) is 0 Å². The van der Waals surface area contributed by atoms with Gasteiger partial charge in [0.05, 0.1) is 0 Å². The molecule has 0 spiro atoms. The van der Waals surface area contributed by atoms with Gasteiger partial charge < -0.3 is 10.5 Å². The molecule has 1 saturated heterocycles. The maximum absolute atomic E-state index is 6.00. The largest absolute Gasteiger partial charge is 0.381 e. The van der Waals surface area contributed by atoms with Gasteiger partial charge in [-0.05, 0) is 74.7 Å². The van der Waals surface area contributed by atoms with Crippen molar-refractivity contribution in [2.24, 2.45) is 35.3 Å². The van der Waals surface area contributed by atoms with E-state index in [0.29, 0.717) is 0 Å². The summed E-state index contributed by atoms with van der Waals surface area (Å²) in [7, 11) is 0. The first-order valence-corrected chi connectivity index (χ1v) is 7.98. The first-order chi connectivity index (χ1) is 8.70. The summed E-state index contributed by atoms with van der Waals surface area (Å²) in [5.74, 6) is 4.38. The topological polar surface area (TPSA) is 35.2 Å². The Labute approximate surface area is 113 Å². The molecule has 0 bridgehead atoms. The quantitative estimate of drug-likeness (QED) is 0.833. The number of hydrogen-bond acceptors (Lipinski definition) is 2. The summed E-state index contributed by atoms with van der Waals surface area (Å²) >= 11 is 0. The van der Waals surface area contributed by atoms with Crippen molar-refractivity contribution in [3.8, 4) is 0 Å². The van der Waals surface area contributed by atoms with Gasteiger partial charge >= 0.3 is 0 Å². The minimum absolute atomic E-state index is 0.794. The molecule has 2 nitrogen and oxygen atoms in total. The Morgan fingerprint density at radius 1 is 1.06 bits per heavy atom. The Morgan fingerprint density at radius 3 is 2.39 bits per heavy atom. The molecule has 0 aromatic rings. The fourth-order valence-electron chi connectivity index (χ4n) is 3.98. The number of ether oxygens (including phenoxy) is 1. The average Bonchev–Trinajstić information content (AvgIpc) is 2.39. The predicted octanol–water partition coefficient (Wildman–Crippen LogP) is 3.45. The molecule has 0 aromatic heterocycles. The summed E-state index contributed by atoms with van der Waals surface area (Å²) < 4.78 is 5.48. The van der Waals surface area contributed by atoms with Crippen molar-refractivity contribution >= 4 is 0 Å². The first-order valence-electron chi connectivity index (χ1n) is 7.98. The standard InChI is InChI=1S/C16H31NO/c1-12(2)14-3-4-15(11-17)16(10-14)9-13-5-7-18-8-6-13/h12-16H,3-11,17H2,1-2H3. The third-order valence-electron chi connectivity index (χ3n) is 5.40. The summed E-state index contributed by atoms with van der Waals surface area (Å²) in [6.07, 6.45) is 8.17. The molecular formula is C16H31NO. The summed E-state index contributed by atoms with van der Waals surface area (Å²) in [6.45, 7) is 7.65. The monoisotopic (exact) mass is 253 g/mol. The molecule has 0 radical (unpaired) electrons. The van der Waals surface area contributed by atoms with Gasteiger partial charge in [-0.1, -0.05) is 13.8 Å². The van der Waals surface area contributed by atoms with Gasteiger partial charge in [0.2, 0.25) is 0 Å². The lowest BCUT2D eigenvalue weighted by Crippen LogP contribution is -2.34. The SMILES string of the molecule is CC(C)C1CCC(CN)C(CC2CCOCC2)C1. The van der Waals surface area contributed by atoms with Crippen LogP contribution in [0, 0.1) is 29.6 Å². The van der Waals surface area contributed by atoms with E-state index in [1.165, 1.54) is 38.5 Å². The van der Waals surface area contributed by atoms with E-state index in [0.717, 1.165) is 49.3 Å². The summed E-state index contributed by atoms with van der Waals surface area (Å²) in [5, 5.41) is 0. The third kappa shape index (κ3) is 3.71. The molecule has 18 heavy (non-hydrogen) atoms. The van der Waals surface area contributed by atoms with Crippen LogP contribution < -0.4 is 5.73 Å². The minimum Gasteiger partial charge on any atom is -0.381 e. The van der Waals surface area contributed by atoms with Gasteiger partial charge in [0.15, 0.2) is 0 Å². The van der Waals surface area contributed by atoms with Gasteiger partial charge in [-0.15, -0.1) is 0 Å². The fraction of sp³-hybridized carbons (Fsp3) is 1.00. The molecule has 106 valence electrons. The van der Waals surface area contributed by atoms with E-state index in [1.807, 2.05) is 0 Å². The van der Waals surface area contributed by atoms with Gasteiger partial charge in [0.25, 0.3) is 0 Å². The maximum Gasteiger partial charge on any atom is 0.0468 e. The molecule has 1 saturated carbocycles. The molecule has 2 N–H and O–H groups in total. The van der Waals surface area contributed by atoms with E-state index in [1.54, 1.807) is 0 Å². The normalized spacial score (nSPS) is 35.0. The smallest absolute Gasteiger partial charge is 0.0468 e. The summed E-state index contributed by atoms with van der Waals surface area (Å²) in [6, 6.07) is 0. The van der Waals surface area contributed by atoms with Crippen molar-refractivity contribution in [2.75, 3.05) is 19.8 Å². The van der Waals surface area contributed by atoms with Crippen LogP contribution in [0.5, 0.6) is 0 Å². The molecule has 2 aliphatic rings. The second kappa shape index (κ2) is 6.91. The highest BCUT2D eigenvalue weighted by Gasteiger charge is 2.32. The zero-order valence-electron chi connectivity index (χ0n) is 12.2. The van der Waals surface area contributed by atoms with Gasteiger partial charge in [-0.3, -0.25) is 0 Å². The molecule has 2 fully saturated rings. The van der Waals surface area contributed by atoms with E-state index in [-0.39, 0.29) is 0 Å². The van der Waals surface area contributed by atoms with Gasteiger partial charge in [0, 0.05) is 13.2 Å². The van der Waals surface area contributed by atoms with Crippen LogP contribution in [0.4, 0.5) is 0 Å². The minimum atomic E-state index is 0.794. The van der Waals surface area contributed by atoms with Crippen LogP contribution in [0.1, 0.15) is 52.4 Å². The fourth-order valence-corrected chi connectivity index (χ4v) is 3.98. The first kappa shape index (κ1) is 14.3. The highest BCUT2D eigenvalue weighted by Crippen LogP contribution is 2.41. The number of hydrogen-bond donors (Lipinski definition) is 1. The second-order valence-corrected chi connectivity index (χ2v) is 6.86. The highest BCUT2D eigenvalue weighted by molar-refractivity contribution is 4.84. The average molecular weight is 253 g/mol. The number of nitrogens with two attached hydrogens (primary N) is 1. The summed E-state index contributed by atoms with van der Waals surface area (Å²) in [4.78, 5) is 0. The second-order valence-electron chi connectivity index (χ2n) is 6.86. The van der Waals surface area contributed by atoms with Crippen molar-refractivity contribution in [2.45, 2.75) is 52.4 Å². The molecule has 1 heterocycles. The lowest BCUT2D eigenvalue weighted by molar-refractivity contribution is 0.0445. The molecule has 0 aromatic carbocycles. The van der Waals surface area contributed by atoms with Gasteiger partial charge in [-0.25, -0.2) is 0 Å². The molecule has 3 atom stereocenters. The van der Waals surface area contributed by atoms with Gasteiger partial charge in [0.1, 0.15) is 0 Å². The predicted molar refractivity (Wildman–Crippen MR) is 76.4 cm³/mol. The van der Waals surface area contributed by atoms with Crippen molar-refractivity contribution in [3.05, 3.63) is 0 Å². The highest BCUT2D eigenvalue weighted by atomic mass is 16.5. The van der Waals surface area contributed by atoms with Crippen LogP contribution in [0.2, 0.25) is 0 Å².